The second-order valence-electron chi connectivity index (χ2n) is 5.22. The molecule has 2 atom stereocenters. The minimum absolute atomic E-state index is 0.719. The number of likely N-dealkylation sites (tertiary alicyclic amines) is 1. The number of hydrogen-bond acceptors (Lipinski definition) is 1. The van der Waals surface area contributed by atoms with Crippen molar-refractivity contribution >= 4 is 0 Å². The van der Waals surface area contributed by atoms with E-state index in [-0.39, 0.29) is 0 Å². The van der Waals surface area contributed by atoms with E-state index in [4.69, 9.17) is 0 Å². The van der Waals surface area contributed by atoms with Crippen molar-refractivity contribution in [3.8, 4) is 0 Å². The minimum Gasteiger partial charge on any atom is -0.298 e. The highest BCUT2D eigenvalue weighted by atomic mass is 15.2. The summed E-state index contributed by atoms with van der Waals surface area (Å²) in [4.78, 5) is 2.66. The van der Waals surface area contributed by atoms with Gasteiger partial charge in [-0.3, -0.25) is 4.90 Å². The maximum Gasteiger partial charge on any atom is 0.00698 e. The van der Waals surface area contributed by atoms with Gasteiger partial charge in [-0.2, -0.15) is 0 Å². The van der Waals surface area contributed by atoms with Gasteiger partial charge in [0.1, 0.15) is 0 Å². The lowest BCUT2D eigenvalue weighted by atomic mass is 9.85. The fourth-order valence-electron chi connectivity index (χ4n) is 2.43. The van der Waals surface area contributed by atoms with Crippen LogP contribution in [0.2, 0.25) is 0 Å². The van der Waals surface area contributed by atoms with Gasteiger partial charge < -0.3 is 0 Å². The number of piperidine rings is 1. The minimum atomic E-state index is 0.719. The summed E-state index contributed by atoms with van der Waals surface area (Å²) < 4.78 is 0. The SMILES string of the molecule is CC(C)[C@H]1CC[C@@H](C)N(C(C)C)C1. The van der Waals surface area contributed by atoms with Gasteiger partial charge in [0.25, 0.3) is 0 Å². The summed E-state index contributed by atoms with van der Waals surface area (Å²) in [5, 5.41) is 0. The van der Waals surface area contributed by atoms with Crippen molar-refractivity contribution in [1.29, 1.82) is 0 Å². The summed E-state index contributed by atoms with van der Waals surface area (Å²) >= 11 is 0. The molecule has 0 aromatic heterocycles. The Morgan fingerprint density at radius 2 is 1.69 bits per heavy atom. The van der Waals surface area contributed by atoms with Crippen LogP contribution in [-0.2, 0) is 0 Å². The monoisotopic (exact) mass is 183 g/mol. The quantitative estimate of drug-likeness (QED) is 0.635. The Kier molecular flexibility index (Phi) is 3.78. The molecule has 1 nitrogen and oxygen atoms in total. The van der Waals surface area contributed by atoms with Crippen molar-refractivity contribution in [2.24, 2.45) is 11.8 Å². The Morgan fingerprint density at radius 3 is 2.15 bits per heavy atom. The predicted octanol–water partition coefficient (Wildman–Crippen LogP) is 3.15. The topological polar surface area (TPSA) is 3.24 Å². The molecule has 0 radical (unpaired) electrons. The highest BCUT2D eigenvalue weighted by molar-refractivity contribution is 4.82. The first-order chi connectivity index (χ1) is 6.02. The maximum absolute atomic E-state index is 2.66. The first-order valence-corrected chi connectivity index (χ1v) is 5.78. The second kappa shape index (κ2) is 4.45. The van der Waals surface area contributed by atoms with Gasteiger partial charge >= 0.3 is 0 Å². The average Bonchev–Trinajstić information content (AvgIpc) is 2.04. The summed E-state index contributed by atoms with van der Waals surface area (Å²) in [5.41, 5.74) is 0. The first kappa shape index (κ1) is 11.0. The molecule has 0 saturated carbocycles. The Balaban J connectivity index is 2.53. The molecule has 0 aliphatic carbocycles. The van der Waals surface area contributed by atoms with Crippen LogP contribution in [0, 0.1) is 11.8 Å². The lowest BCUT2D eigenvalue weighted by Gasteiger charge is -2.42. The van der Waals surface area contributed by atoms with Crippen LogP contribution in [0.15, 0.2) is 0 Å². The van der Waals surface area contributed by atoms with Crippen LogP contribution in [0.4, 0.5) is 0 Å². The molecule has 0 aromatic carbocycles. The van der Waals surface area contributed by atoms with E-state index in [0.717, 1.165) is 23.9 Å². The Bertz CT molecular complexity index is 151. The molecule has 0 bridgehead atoms. The van der Waals surface area contributed by atoms with E-state index in [2.05, 4.69) is 39.5 Å². The van der Waals surface area contributed by atoms with Gasteiger partial charge in [-0.15, -0.1) is 0 Å². The highest BCUT2D eigenvalue weighted by Gasteiger charge is 2.28. The molecule has 1 rings (SSSR count). The first-order valence-electron chi connectivity index (χ1n) is 5.78. The molecule has 0 aromatic rings. The van der Waals surface area contributed by atoms with Gasteiger partial charge in [-0.05, 0) is 45.4 Å². The predicted molar refractivity (Wildman–Crippen MR) is 58.9 cm³/mol. The molecule has 1 heterocycles. The molecular weight excluding hydrogens is 158 g/mol. The molecule has 1 aliphatic rings. The van der Waals surface area contributed by atoms with Crippen molar-refractivity contribution in [2.75, 3.05) is 6.54 Å². The summed E-state index contributed by atoms with van der Waals surface area (Å²) in [6, 6.07) is 1.52. The number of rotatable bonds is 2. The Morgan fingerprint density at radius 1 is 1.08 bits per heavy atom. The molecule has 1 fully saturated rings. The van der Waals surface area contributed by atoms with E-state index in [1.165, 1.54) is 19.4 Å². The molecule has 1 aliphatic heterocycles. The molecule has 13 heavy (non-hydrogen) atoms. The van der Waals surface area contributed by atoms with Crippen molar-refractivity contribution in [3.63, 3.8) is 0 Å². The van der Waals surface area contributed by atoms with E-state index in [9.17, 15) is 0 Å². The third-order valence-electron chi connectivity index (χ3n) is 3.57. The second-order valence-corrected chi connectivity index (χ2v) is 5.22. The van der Waals surface area contributed by atoms with Gasteiger partial charge in [-0.25, -0.2) is 0 Å². The van der Waals surface area contributed by atoms with Crippen LogP contribution < -0.4 is 0 Å². The number of hydrogen-bond donors (Lipinski definition) is 0. The summed E-state index contributed by atoms with van der Waals surface area (Å²) in [5.74, 6) is 1.78. The van der Waals surface area contributed by atoms with Crippen LogP contribution >= 0.6 is 0 Å². The summed E-state index contributed by atoms with van der Waals surface area (Å²) in [7, 11) is 0. The third kappa shape index (κ3) is 2.70. The van der Waals surface area contributed by atoms with Gasteiger partial charge in [-0.1, -0.05) is 13.8 Å². The van der Waals surface area contributed by atoms with E-state index in [1.54, 1.807) is 0 Å². The van der Waals surface area contributed by atoms with E-state index >= 15 is 0 Å². The average molecular weight is 183 g/mol. The largest absolute Gasteiger partial charge is 0.298 e. The van der Waals surface area contributed by atoms with E-state index in [0.29, 0.717) is 0 Å². The summed E-state index contributed by atoms with van der Waals surface area (Å²) in [6.07, 6.45) is 2.82. The number of nitrogens with zero attached hydrogens (tertiary/aromatic N) is 1. The fraction of sp³-hybridized carbons (Fsp3) is 1.00. The molecule has 0 spiro atoms. The molecular formula is C12H25N. The van der Waals surface area contributed by atoms with Crippen LogP contribution in [0.3, 0.4) is 0 Å². The smallest absolute Gasteiger partial charge is 0.00698 e. The normalized spacial score (nSPS) is 31.6. The van der Waals surface area contributed by atoms with Crippen molar-refractivity contribution in [1.82, 2.24) is 4.90 Å². The molecule has 1 saturated heterocycles. The fourth-order valence-corrected chi connectivity index (χ4v) is 2.43. The van der Waals surface area contributed by atoms with E-state index in [1.807, 2.05) is 0 Å². The zero-order valence-electron chi connectivity index (χ0n) is 9.88. The van der Waals surface area contributed by atoms with Crippen molar-refractivity contribution in [2.45, 2.75) is 59.5 Å². The Labute approximate surface area is 83.5 Å². The lowest BCUT2D eigenvalue weighted by molar-refractivity contribution is 0.0691. The molecule has 1 heteroatoms. The van der Waals surface area contributed by atoms with Gasteiger partial charge in [0.15, 0.2) is 0 Å². The lowest BCUT2D eigenvalue weighted by Crippen LogP contribution is -2.46. The third-order valence-corrected chi connectivity index (χ3v) is 3.57. The zero-order chi connectivity index (χ0) is 10.0. The van der Waals surface area contributed by atoms with Crippen LogP contribution in [0.1, 0.15) is 47.5 Å². The highest BCUT2D eigenvalue weighted by Crippen LogP contribution is 2.28. The van der Waals surface area contributed by atoms with Crippen LogP contribution in [-0.4, -0.2) is 23.5 Å². The zero-order valence-corrected chi connectivity index (χ0v) is 9.88. The van der Waals surface area contributed by atoms with Gasteiger partial charge in [0.05, 0.1) is 0 Å². The Hall–Kier alpha value is -0.0400. The van der Waals surface area contributed by atoms with Crippen molar-refractivity contribution < 1.29 is 0 Å². The van der Waals surface area contributed by atoms with Gasteiger partial charge in [0, 0.05) is 18.6 Å². The van der Waals surface area contributed by atoms with Crippen LogP contribution in [0.5, 0.6) is 0 Å². The van der Waals surface area contributed by atoms with E-state index < -0.39 is 0 Å². The molecule has 0 amide bonds. The molecule has 0 N–H and O–H groups in total. The molecule has 0 unspecified atom stereocenters. The molecule has 78 valence electrons. The standard InChI is InChI=1S/C12H25N/c1-9(2)12-7-6-11(5)13(8-12)10(3)4/h9-12H,6-8H2,1-5H3/t11-,12+/m1/s1. The van der Waals surface area contributed by atoms with Gasteiger partial charge in [0.2, 0.25) is 0 Å². The van der Waals surface area contributed by atoms with Crippen molar-refractivity contribution in [3.05, 3.63) is 0 Å². The maximum atomic E-state index is 2.66. The van der Waals surface area contributed by atoms with Crippen LogP contribution in [0.25, 0.3) is 0 Å². The summed E-state index contributed by atoms with van der Waals surface area (Å²) in [6.45, 7) is 13.0.